The second kappa shape index (κ2) is 5.01. The topological polar surface area (TPSA) is 92.4 Å². The molecule has 0 radical (unpaired) electrons. The summed E-state index contributed by atoms with van der Waals surface area (Å²) in [7, 11) is 0. The van der Waals surface area contributed by atoms with E-state index in [2.05, 4.69) is 15.0 Å². The Morgan fingerprint density at radius 2 is 2.33 bits per heavy atom. The van der Waals surface area contributed by atoms with E-state index in [0.717, 1.165) is 11.6 Å². The summed E-state index contributed by atoms with van der Waals surface area (Å²) in [5, 5.41) is 18.6. The molecule has 1 amide bonds. The smallest absolute Gasteiger partial charge is 0.374 e. The molecule has 0 aromatic carbocycles. The van der Waals surface area contributed by atoms with Gasteiger partial charge in [-0.1, -0.05) is 5.16 Å². The van der Waals surface area contributed by atoms with Crippen LogP contribution in [-0.4, -0.2) is 22.1 Å². The van der Waals surface area contributed by atoms with E-state index in [1.165, 1.54) is 11.3 Å². The Bertz CT molecular complexity index is 561. The second-order valence-electron chi connectivity index (χ2n) is 3.63. The summed E-state index contributed by atoms with van der Waals surface area (Å²) in [6.45, 7) is 1.83. The summed E-state index contributed by atoms with van der Waals surface area (Å²) < 4.78 is 4.51. The van der Waals surface area contributed by atoms with Crippen LogP contribution in [0.25, 0.3) is 0 Å². The van der Waals surface area contributed by atoms with Gasteiger partial charge in [0.15, 0.2) is 5.69 Å². The highest BCUT2D eigenvalue weighted by molar-refractivity contribution is 7.07. The van der Waals surface area contributed by atoms with Crippen LogP contribution in [-0.2, 0) is 0 Å². The maximum atomic E-state index is 11.8. The Kier molecular flexibility index (Phi) is 3.42. The van der Waals surface area contributed by atoms with E-state index in [1.54, 1.807) is 0 Å². The average molecular weight is 266 g/mol. The van der Waals surface area contributed by atoms with E-state index in [0.29, 0.717) is 0 Å². The number of aromatic carboxylic acids is 1. The SMILES string of the molecule is CC(NC(=O)c1cc(C(=O)O)on1)c1ccsc1. The molecule has 2 aromatic rings. The molecule has 0 saturated carbocycles. The lowest BCUT2D eigenvalue weighted by molar-refractivity contribution is 0.0651. The van der Waals surface area contributed by atoms with Gasteiger partial charge in [-0.15, -0.1) is 0 Å². The average Bonchev–Trinajstić information content (AvgIpc) is 3.00. The van der Waals surface area contributed by atoms with Gasteiger partial charge in [0, 0.05) is 6.07 Å². The van der Waals surface area contributed by atoms with Crippen LogP contribution in [0.5, 0.6) is 0 Å². The van der Waals surface area contributed by atoms with Crippen molar-refractivity contribution in [2.45, 2.75) is 13.0 Å². The third-order valence-corrected chi connectivity index (χ3v) is 3.05. The number of carbonyl (C=O) groups is 2. The molecule has 1 atom stereocenters. The Morgan fingerprint density at radius 1 is 1.56 bits per heavy atom. The molecule has 0 fully saturated rings. The number of rotatable bonds is 4. The van der Waals surface area contributed by atoms with Crippen molar-refractivity contribution < 1.29 is 19.2 Å². The first-order valence-electron chi connectivity index (χ1n) is 5.11. The number of carboxylic acids is 1. The van der Waals surface area contributed by atoms with E-state index >= 15 is 0 Å². The number of carbonyl (C=O) groups excluding carboxylic acids is 1. The predicted molar refractivity (Wildman–Crippen MR) is 63.7 cm³/mol. The fourth-order valence-electron chi connectivity index (χ4n) is 1.36. The van der Waals surface area contributed by atoms with Crippen LogP contribution in [0.4, 0.5) is 0 Å². The fourth-order valence-corrected chi connectivity index (χ4v) is 2.11. The first kappa shape index (κ1) is 12.3. The van der Waals surface area contributed by atoms with Crippen LogP contribution in [0, 0.1) is 0 Å². The van der Waals surface area contributed by atoms with Crippen LogP contribution in [0.2, 0.25) is 0 Å². The Morgan fingerprint density at radius 3 is 2.89 bits per heavy atom. The predicted octanol–water partition coefficient (Wildman–Crippen LogP) is 1.93. The normalized spacial score (nSPS) is 12.1. The molecule has 0 aliphatic rings. The van der Waals surface area contributed by atoms with E-state index < -0.39 is 11.9 Å². The molecule has 7 heteroatoms. The van der Waals surface area contributed by atoms with Gasteiger partial charge in [-0.2, -0.15) is 11.3 Å². The highest BCUT2D eigenvalue weighted by Gasteiger charge is 2.18. The minimum Gasteiger partial charge on any atom is -0.475 e. The van der Waals surface area contributed by atoms with Crippen LogP contribution < -0.4 is 5.32 Å². The minimum atomic E-state index is -1.26. The number of nitrogens with zero attached hydrogens (tertiary/aromatic N) is 1. The molecule has 2 N–H and O–H groups in total. The van der Waals surface area contributed by atoms with Crippen molar-refractivity contribution in [2.75, 3.05) is 0 Å². The van der Waals surface area contributed by atoms with Crippen molar-refractivity contribution in [2.24, 2.45) is 0 Å². The standard InChI is InChI=1S/C11H10N2O4S/c1-6(7-2-3-18-5-7)12-10(14)8-4-9(11(15)16)17-13-8/h2-6H,1H3,(H,12,14)(H,15,16). The van der Waals surface area contributed by atoms with Crippen molar-refractivity contribution in [3.05, 3.63) is 39.9 Å². The van der Waals surface area contributed by atoms with Gasteiger partial charge in [0.1, 0.15) is 0 Å². The van der Waals surface area contributed by atoms with Gasteiger partial charge < -0.3 is 14.9 Å². The Hall–Kier alpha value is -2.15. The van der Waals surface area contributed by atoms with Crippen LogP contribution in [0.15, 0.2) is 27.4 Å². The van der Waals surface area contributed by atoms with Gasteiger partial charge in [0.2, 0.25) is 5.76 Å². The largest absolute Gasteiger partial charge is 0.475 e. The number of hydrogen-bond acceptors (Lipinski definition) is 5. The van der Waals surface area contributed by atoms with E-state index in [1.807, 2.05) is 23.8 Å². The molecule has 0 spiro atoms. The second-order valence-corrected chi connectivity index (χ2v) is 4.41. The lowest BCUT2D eigenvalue weighted by Gasteiger charge is -2.10. The quantitative estimate of drug-likeness (QED) is 0.882. The van der Waals surface area contributed by atoms with Crippen molar-refractivity contribution >= 4 is 23.2 Å². The van der Waals surface area contributed by atoms with Gasteiger partial charge in [-0.25, -0.2) is 4.79 Å². The summed E-state index contributed by atoms with van der Waals surface area (Å²) >= 11 is 1.54. The number of amides is 1. The molecule has 18 heavy (non-hydrogen) atoms. The van der Waals surface area contributed by atoms with E-state index in [9.17, 15) is 9.59 Å². The van der Waals surface area contributed by atoms with Gasteiger partial charge in [-0.3, -0.25) is 4.79 Å². The molecular formula is C11H10N2O4S. The lowest BCUT2D eigenvalue weighted by atomic mass is 10.2. The first-order chi connectivity index (χ1) is 8.58. The summed E-state index contributed by atoms with van der Waals surface area (Å²) in [5.74, 6) is -2.08. The van der Waals surface area contributed by atoms with Crippen molar-refractivity contribution in [3.8, 4) is 0 Å². The Balaban J connectivity index is 2.05. The summed E-state index contributed by atoms with van der Waals surface area (Å²) in [6, 6.07) is 2.83. The monoisotopic (exact) mass is 266 g/mol. The van der Waals surface area contributed by atoms with Crippen molar-refractivity contribution in [1.82, 2.24) is 10.5 Å². The molecule has 2 heterocycles. The molecule has 1 unspecified atom stereocenters. The molecule has 2 rings (SSSR count). The van der Waals surface area contributed by atoms with Gasteiger partial charge >= 0.3 is 5.97 Å². The molecule has 0 saturated heterocycles. The van der Waals surface area contributed by atoms with Crippen LogP contribution in [0.1, 0.15) is 39.6 Å². The van der Waals surface area contributed by atoms with Crippen molar-refractivity contribution in [3.63, 3.8) is 0 Å². The highest BCUT2D eigenvalue weighted by atomic mass is 32.1. The third kappa shape index (κ3) is 2.57. The van der Waals surface area contributed by atoms with Crippen molar-refractivity contribution in [1.29, 1.82) is 0 Å². The summed E-state index contributed by atoms with van der Waals surface area (Å²) in [4.78, 5) is 22.3. The maximum absolute atomic E-state index is 11.8. The molecular weight excluding hydrogens is 256 g/mol. The third-order valence-electron chi connectivity index (χ3n) is 2.34. The number of carboxylic acid groups (broad SMARTS) is 1. The summed E-state index contributed by atoms with van der Waals surface area (Å²) in [5.41, 5.74) is 0.935. The van der Waals surface area contributed by atoms with E-state index in [4.69, 9.17) is 5.11 Å². The Labute approximate surface area is 106 Å². The number of aromatic nitrogens is 1. The number of nitrogens with one attached hydrogen (secondary N) is 1. The molecule has 2 aromatic heterocycles. The van der Waals surface area contributed by atoms with Gasteiger partial charge in [0.05, 0.1) is 6.04 Å². The highest BCUT2D eigenvalue weighted by Crippen LogP contribution is 2.16. The molecule has 6 nitrogen and oxygen atoms in total. The van der Waals surface area contributed by atoms with Crippen LogP contribution in [0.3, 0.4) is 0 Å². The van der Waals surface area contributed by atoms with E-state index in [-0.39, 0.29) is 17.5 Å². The maximum Gasteiger partial charge on any atom is 0.374 e. The fraction of sp³-hybridized carbons (Fsp3) is 0.182. The molecule has 0 bridgehead atoms. The van der Waals surface area contributed by atoms with Gasteiger partial charge in [-0.05, 0) is 29.3 Å². The summed E-state index contributed by atoms with van der Waals surface area (Å²) in [6.07, 6.45) is 0. The number of hydrogen-bond donors (Lipinski definition) is 2. The molecule has 0 aliphatic carbocycles. The zero-order valence-electron chi connectivity index (χ0n) is 9.41. The van der Waals surface area contributed by atoms with Gasteiger partial charge in [0.25, 0.3) is 5.91 Å². The van der Waals surface area contributed by atoms with Crippen LogP contribution >= 0.6 is 11.3 Å². The minimum absolute atomic E-state index is 0.0468. The molecule has 0 aliphatic heterocycles. The number of thiophene rings is 1. The molecule has 94 valence electrons. The zero-order valence-corrected chi connectivity index (χ0v) is 10.2. The zero-order chi connectivity index (χ0) is 13.1. The first-order valence-corrected chi connectivity index (χ1v) is 6.05. The lowest BCUT2D eigenvalue weighted by Crippen LogP contribution is -2.26.